The van der Waals surface area contributed by atoms with Crippen LogP contribution in [0.4, 0.5) is 10.5 Å². The van der Waals surface area contributed by atoms with Crippen LogP contribution in [0.2, 0.25) is 0 Å². The van der Waals surface area contributed by atoms with Crippen molar-refractivity contribution >= 4 is 29.0 Å². The lowest BCUT2D eigenvalue weighted by Crippen LogP contribution is -2.28. The summed E-state index contributed by atoms with van der Waals surface area (Å²) in [6, 6.07) is 13.1. The van der Waals surface area contributed by atoms with Gasteiger partial charge in [0.15, 0.2) is 6.29 Å². The summed E-state index contributed by atoms with van der Waals surface area (Å²) in [5.41, 5.74) is 0.699. The minimum absolute atomic E-state index is 0.0888. The molecule has 0 aliphatic heterocycles. The van der Waals surface area contributed by atoms with Gasteiger partial charge < -0.3 is 4.74 Å². The number of aldehydes is 1. The van der Waals surface area contributed by atoms with Gasteiger partial charge in [0.25, 0.3) is 5.69 Å². The topological polar surface area (TPSA) is 91.4 Å². The maximum absolute atomic E-state index is 12.8. The highest BCUT2D eigenvalue weighted by Crippen LogP contribution is 2.36. The Bertz CT molecular complexity index is 1050. The molecule has 7 heteroatoms. The number of aromatic nitrogens is 1. The summed E-state index contributed by atoms with van der Waals surface area (Å²) in [6.07, 6.45) is -0.149. The molecule has 0 radical (unpaired) electrons. The lowest BCUT2D eigenvalue weighted by atomic mass is 10.0. The van der Waals surface area contributed by atoms with Gasteiger partial charge in [0.05, 0.1) is 10.4 Å². The molecule has 0 aliphatic rings. The number of nitro benzene ring substituents is 1. The van der Waals surface area contributed by atoms with Gasteiger partial charge in [-0.15, -0.1) is 0 Å². The highest BCUT2D eigenvalue weighted by Gasteiger charge is 2.27. The zero-order valence-electron chi connectivity index (χ0n) is 15.1. The molecule has 3 aromatic rings. The molecule has 0 saturated heterocycles. The molecule has 0 bridgehead atoms. The highest BCUT2D eigenvalue weighted by molar-refractivity contribution is 6.09. The number of carbonyl (C=O) groups is 2. The van der Waals surface area contributed by atoms with Crippen LogP contribution < -0.4 is 0 Å². The first-order valence-corrected chi connectivity index (χ1v) is 8.30. The molecule has 0 atom stereocenters. The normalized spacial score (nSPS) is 11.4. The van der Waals surface area contributed by atoms with Crippen molar-refractivity contribution in [3.63, 3.8) is 0 Å². The summed E-state index contributed by atoms with van der Waals surface area (Å²) in [5, 5.41) is 11.6. The Kier molecular flexibility index (Phi) is 4.53. The Morgan fingerprint density at radius 3 is 2.37 bits per heavy atom. The molecule has 0 aliphatic carbocycles. The van der Waals surface area contributed by atoms with E-state index >= 15 is 0 Å². The monoisotopic (exact) mass is 366 g/mol. The van der Waals surface area contributed by atoms with E-state index in [1.165, 1.54) is 22.8 Å². The minimum Gasteiger partial charge on any atom is -0.443 e. The van der Waals surface area contributed by atoms with E-state index in [2.05, 4.69) is 0 Å². The minimum atomic E-state index is -0.762. The van der Waals surface area contributed by atoms with E-state index in [0.717, 1.165) is 0 Å². The van der Waals surface area contributed by atoms with Gasteiger partial charge in [-0.1, -0.05) is 30.3 Å². The van der Waals surface area contributed by atoms with E-state index in [4.69, 9.17) is 4.74 Å². The average molecular weight is 366 g/mol. The third-order valence-corrected chi connectivity index (χ3v) is 3.95. The van der Waals surface area contributed by atoms with Gasteiger partial charge in [0.1, 0.15) is 11.3 Å². The molecule has 2 aromatic carbocycles. The predicted octanol–water partition coefficient (Wildman–Crippen LogP) is 4.81. The van der Waals surface area contributed by atoms with Gasteiger partial charge in [-0.25, -0.2) is 9.36 Å². The number of fused-ring (bicyclic) bond motifs is 1. The molecule has 3 rings (SSSR count). The van der Waals surface area contributed by atoms with Crippen LogP contribution in [0, 0.1) is 10.1 Å². The highest BCUT2D eigenvalue weighted by atomic mass is 16.6. The Morgan fingerprint density at radius 1 is 1.15 bits per heavy atom. The number of hydrogen-bond acceptors (Lipinski definition) is 5. The van der Waals surface area contributed by atoms with Crippen LogP contribution in [-0.4, -0.2) is 27.5 Å². The van der Waals surface area contributed by atoms with Crippen LogP contribution in [-0.2, 0) is 4.74 Å². The van der Waals surface area contributed by atoms with E-state index in [9.17, 15) is 19.7 Å². The van der Waals surface area contributed by atoms with Crippen molar-refractivity contribution in [2.24, 2.45) is 0 Å². The second-order valence-corrected chi connectivity index (χ2v) is 7.02. The van der Waals surface area contributed by atoms with E-state index in [0.29, 0.717) is 28.3 Å². The number of benzene rings is 2. The van der Waals surface area contributed by atoms with Gasteiger partial charge in [0.2, 0.25) is 0 Å². The van der Waals surface area contributed by atoms with Crippen molar-refractivity contribution in [3.8, 4) is 11.1 Å². The van der Waals surface area contributed by atoms with Crippen molar-refractivity contribution in [2.45, 2.75) is 26.4 Å². The molecule has 1 aromatic heterocycles. The third-order valence-electron chi connectivity index (χ3n) is 3.95. The summed E-state index contributed by atoms with van der Waals surface area (Å²) in [6.45, 7) is 5.17. The molecular weight excluding hydrogens is 348 g/mol. The number of nitro groups is 1. The molecular formula is C20H18N2O5. The first-order chi connectivity index (χ1) is 12.7. The standard InChI is InChI=1S/C20H18N2O5/c1-20(2,3)27-19(24)21-16-10-9-14(22(25)26)11-15(16)18(17(21)12-23)13-7-5-4-6-8-13/h4-12H,1-3H3. The van der Waals surface area contributed by atoms with Crippen LogP contribution in [0.15, 0.2) is 48.5 Å². The van der Waals surface area contributed by atoms with Crippen molar-refractivity contribution in [1.82, 2.24) is 4.57 Å². The predicted molar refractivity (Wildman–Crippen MR) is 101 cm³/mol. The molecule has 138 valence electrons. The lowest BCUT2D eigenvalue weighted by Gasteiger charge is -2.20. The van der Waals surface area contributed by atoms with E-state index in [1.54, 1.807) is 45.0 Å². The first kappa shape index (κ1) is 18.3. The van der Waals surface area contributed by atoms with Gasteiger partial charge in [-0.05, 0) is 32.4 Å². The summed E-state index contributed by atoms with van der Waals surface area (Å²) in [4.78, 5) is 35.4. The fraction of sp³-hybridized carbons (Fsp3) is 0.200. The molecule has 0 N–H and O–H groups in total. The second kappa shape index (κ2) is 6.68. The summed E-state index contributed by atoms with van der Waals surface area (Å²) in [7, 11) is 0. The van der Waals surface area contributed by atoms with Crippen molar-refractivity contribution < 1.29 is 19.2 Å². The summed E-state index contributed by atoms with van der Waals surface area (Å²) >= 11 is 0. The number of carbonyl (C=O) groups excluding carboxylic acids is 2. The molecule has 0 fully saturated rings. The Balaban J connectivity index is 2.37. The van der Waals surface area contributed by atoms with Gasteiger partial charge in [-0.3, -0.25) is 14.9 Å². The van der Waals surface area contributed by atoms with E-state index in [1.807, 2.05) is 6.07 Å². The van der Waals surface area contributed by atoms with Crippen LogP contribution in [0.3, 0.4) is 0 Å². The molecule has 0 amide bonds. The van der Waals surface area contributed by atoms with Crippen LogP contribution >= 0.6 is 0 Å². The van der Waals surface area contributed by atoms with Crippen LogP contribution in [0.1, 0.15) is 31.3 Å². The number of hydrogen-bond donors (Lipinski definition) is 0. The van der Waals surface area contributed by atoms with Crippen LogP contribution in [0.5, 0.6) is 0 Å². The molecule has 0 spiro atoms. The van der Waals surface area contributed by atoms with E-state index in [-0.39, 0.29) is 11.4 Å². The van der Waals surface area contributed by atoms with Crippen LogP contribution in [0.25, 0.3) is 22.0 Å². The summed E-state index contributed by atoms with van der Waals surface area (Å²) < 4.78 is 6.60. The molecule has 1 heterocycles. The van der Waals surface area contributed by atoms with Gasteiger partial charge in [0, 0.05) is 23.1 Å². The SMILES string of the molecule is CC(C)(C)OC(=O)n1c(C=O)c(-c2ccccc2)c2cc([N+](=O)[O-])ccc21. The first-order valence-electron chi connectivity index (χ1n) is 8.30. The van der Waals surface area contributed by atoms with Crippen molar-refractivity contribution in [1.29, 1.82) is 0 Å². The van der Waals surface area contributed by atoms with Gasteiger partial charge >= 0.3 is 6.09 Å². The molecule has 0 unspecified atom stereocenters. The lowest BCUT2D eigenvalue weighted by molar-refractivity contribution is -0.384. The Morgan fingerprint density at radius 2 is 1.81 bits per heavy atom. The Hall–Kier alpha value is -3.48. The number of non-ortho nitro benzene ring substituents is 1. The maximum atomic E-state index is 12.8. The fourth-order valence-corrected chi connectivity index (χ4v) is 2.94. The summed E-state index contributed by atoms with van der Waals surface area (Å²) in [5.74, 6) is 0. The molecule has 27 heavy (non-hydrogen) atoms. The zero-order valence-corrected chi connectivity index (χ0v) is 15.1. The smallest absolute Gasteiger partial charge is 0.419 e. The zero-order chi connectivity index (χ0) is 19.8. The van der Waals surface area contributed by atoms with Crippen molar-refractivity contribution in [3.05, 3.63) is 64.3 Å². The maximum Gasteiger partial charge on any atom is 0.419 e. The van der Waals surface area contributed by atoms with Gasteiger partial charge in [-0.2, -0.15) is 0 Å². The van der Waals surface area contributed by atoms with Crippen molar-refractivity contribution in [2.75, 3.05) is 0 Å². The number of nitrogens with zero attached hydrogens (tertiary/aromatic N) is 2. The molecule has 0 saturated carbocycles. The third kappa shape index (κ3) is 3.44. The fourth-order valence-electron chi connectivity index (χ4n) is 2.94. The second-order valence-electron chi connectivity index (χ2n) is 7.02. The van der Waals surface area contributed by atoms with E-state index < -0.39 is 16.6 Å². The average Bonchev–Trinajstić information content (AvgIpc) is 2.94. The number of rotatable bonds is 3. The molecule has 7 nitrogen and oxygen atoms in total. The number of ether oxygens (including phenoxy) is 1. The Labute approximate surface area is 155 Å². The largest absolute Gasteiger partial charge is 0.443 e. The quantitative estimate of drug-likeness (QED) is 0.377.